The van der Waals surface area contributed by atoms with Crippen molar-refractivity contribution < 1.29 is 9.59 Å². The Balaban J connectivity index is 1.38. The number of pyridine rings is 1. The first-order valence-electron chi connectivity index (χ1n) is 9.95. The van der Waals surface area contributed by atoms with Crippen LogP contribution < -0.4 is 5.32 Å². The monoisotopic (exact) mass is 420 g/mol. The molecule has 3 aromatic rings. The predicted molar refractivity (Wildman–Crippen MR) is 119 cm³/mol. The Kier molecular flexibility index (Phi) is 6.21. The summed E-state index contributed by atoms with van der Waals surface area (Å²) >= 11 is 1.44. The van der Waals surface area contributed by atoms with Crippen molar-refractivity contribution in [2.24, 2.45) is 0 Å². The van der Waals surface area contributed by atoms with Gasteiger partial charge >= 0.3 is 0 Å². The molecular weight excluding hydrogens is 396 g/mol. The topological polar surface area (TPSA) is 65.5 Å². The summed E-state index contributed by atoms with van der Waals surface area (Å²) in [6, 6.07) is 15.2. The van der Waals surface area contributed by atoms with E-state index in [9.17, 15) is 9.59 Å². The molecule has 0 atom stereocenters. The average Bonchev–Trinajstić information content (AvgIpc) is 3.29. The summed E-state index contributed by atoms with van der Waals surface area (Å²) < 4.78 is 0. The van der Waals surface area contributed by atoms with Gasteiger partial charge in [0.05, 0.1) is 4.88 Å². The fourth-order valence-corrected chi connectivity index (χ4v) is 4.28. The second-order valence-corrected chi connectivity index (χ2v) is 8.46. The molecule has 4 rings (SSSR count). The molecule has 0 aliphatic carbocycles. The molecule has 2 aromatic heterocycles. The summed E-state index contributed by atoms with van der Waals surface area (Å²) in [6.45, 7) is 3.79. The Morgan fingerprint density at radius 3 is 2.50 bits per heavy atom. The number of piperazine rings is 1. The molecule has 1 saturated heterocycles. The number of rotatable bonds is 5. The molecule has 1 aliphatic heterocycles. The van der Waals surface area contributed by atoms with Gasteiger partial charge < -0.3 is 15.1 Å². The second-order valence-electron chi connectivity index (χ2n) is 7.38. The lowest BCUT2D eigenvalue weighted by atomic mass is 10.1. The van der Waals surface area contributed by atoms with Gasteiger partial charge in [-0.25, -0.2) is 0 Å². The Bertz CT molecular complexity index is 1010. The van der Waals surface area contributed by atoms with E-state index in [2.05, 4.69) is 22.2 Å². The van der Waals surface area contributed by atoms with E-state index in [1.54, 1.807) is 12.4 Å². The summed E-state index contributed by atoms with van der Waals surface area (Å²) in [7, 11) is 2.07. The maximum Gasteiger partial charge on any atom is 0.261 e. The van der Waals surface area contributed by atoms with Crippen molar-refractivity contribution in [2.75, 3.05) is 33.2 Å². The van der Waals surface area contributed by atoms with Gasteiger partial charge in [-0.05, 0) is 48.5 Å². The average molecular weight is 421 g/mol. The van der Waals surface area contributed by atoms with Crippen LogP contribution in [0.2, 0.25) is 0 Å². The Hall–Kier alpha value is -3.03. The summed E-state index contributed by atoms with van der Waals surface area (Å²) in [4.78, 5) is 35.0. The van der Waals surface area contributed by atoms with E-state index in [0.717, 1.165) is 42.2 Å². The van der Waals surface area contributed by atoms with Crippen LogP contribution in [0.25, 0.3) is 10.4 Å². The number of hydrogen-bond donors (Lipinski definition) is 1. The number of aromatic nitrogens is 1. The predicted octanol–water partition coefficient (Wildman–Crippen LogP) is 3.13. The zero-order valence-corrected chi connectivity index (χ0v) is 17.7. The molecule has 1 N–H and O–H groups in total. The molecule has 3 heterocycles. The van der Waals surface area contributed by atoms with E-state index in [-0.39, 0.29) is 11.8 Å². The molecule has 1 aromatic carbocycles. The first kappa shape index (κ1) is 20.3. The number of thiophene rings is 1. The third-order valence-corrected chi connectivity index (χ3v) is 6.35. The number of likely N-dealkylation sites (N-methyl/N-ethyl adjacent to an activating group) is 1. The van der Waals surface area contributed by atoms with Crippen LogP contribution in [0.1, 0.15) is 25.6 Å². The van der Waals surface area contributed by atoms with E-state index >= 15 is 0 Å². The molecule has 0 bridgehead atoms. The highest BCUT2D eigenvalue weighted by molar-refractivity contribution is 7.17. The summed E-state index contributed by atoms with van der Waals surface area (Å²) in [5.41, 5.74) is 2.67. The number of amides is 2. The molecule has 0 spiro atoms. The molecule has 30 heavy (non-hydrogen) atoms. The van der Waals surface area contributed by atoms with Crippen LogP contribution in [0.3, 0.4) is 0 Å². The van der Waals surface area contributed by atoms with Crippen LogP contribution in [-0.2, 0) is 6.54 Å². The smallest absolute Gasteiger partial charge is 0.261 e. The highest BCUT2D eigenvalue weighted by Gasteiger charge is 2.20. The molecule has 1 aliphatic rings. The number of hydrogen-bond acceptors (Lipinski definition) is 5. The van der Waals surface area contributed by atoms with Gasteiger partial charge in [0.15, 0.2) is 0 Å². The lowest BCUT2D eigenvalue weighted by molar-refractivity contribution is 0.0664. The van der Waals surface area contributed by atoms with Gasteiger partial charge in [-0.15, -0.1) is 11.3 Å². The van der Waals surface area contributed by atoms with E-state index in [4.69, 9.17) is 0 Å². The number of carbonyl (C=O) groups is 2. The molecule has 0 radical (unpaired) electrons. The fraction of sp³-hybridized carbons (Fsp3) is 0.261. The van der Waals surface area contributed by atoms with Crippen molar-refractivity contribution in [3.8, 4) is 10.4 Å². The standard InChI is InChI=1S/C23H24N4O2S/c1-26-11-13-27(14-12-26)23(29)19-6-4-18(5-7-19)20-8-9-21(30-20)22(28)25-16-17-3-2-10-24-15-17/h2-10,15H,11-14,16H2,1H3,(H,25,28). The number of nitrogens with one attached hydrogen (secondary N) is 1. The van der Waals surface area contributed by atoms with Crippen molar-refractivity contribution >= 4 is 23.2 Å². The molecule has 6 nitrogen and oxygen atoms in total. The highest BCUT2D eigenvalue weighted by atomic mass is 32.1. The van der Waals surface area contributed by atoms with Crippen molar-refractivity contribution in [3.63, 3.8) is 0 Å². The number of carbonyl (C=O) groups excluding carboxylic acids is 2. The Morgan fingerprint density at radius 1 is 1.03 bits per heavy atom. The van der Waals surface area contributed by atoms with E-state index in [1.165, 1.54) is 11.3 Å². The van der Waals surface area contributed by atoms with Crippen LogP contribution in [0.4, 0.5) is 0 Å². The Labute approximate surface area is 180 Å². The van der Waals surface area contributed by atoms with E-state index in [0.29, 0.717) is 17.0 Å². The molecule has 0 saturated carbocycles. The van der Waals surface area contributed by atoms with Crippen molar-refractivity contribution in [1.29, 1.82) is 0 Å². The van der Waals surface area contributed by atoms with Crippen molar-refractivity contribution in [2.45, 2.75) is 6.54 Å². The van der Waals surface area contributed by atoms with Crippen LogP contribution in [0.15, 0.2) is 60.9 Å². The number of nitrogens with zero attached hydrogens (tertiary/aromatic N) is 3. The zero-order valence-electron chi connectivity index (χ0n) is 16.9. The second kappa shape index (κ2) is 9.19. The zero-order chi connectivity index (χ0) is 20.9. The van der Waals surface area contributed by atoms with Crippen LogP contribution in [0.5, 0.6) is 0 Å². The quantitative estimate of drug-likeness (QED) is 0.689. The van der Waals surface area contributed by atoms with E-state index in [1.807, 2.05) is 53.4 Å². The maximum absolute atomic E-state index is 12.7. The first-order chi connectivity index (χ1) is 14.6. The maximum atomic E-state index is 12.7. The highest BCUT2D eigenvalue weighted by Crippen LogP contribution is 2.28. The lowest BCUT2D eigenvalue weighted by Gasteiger charge is -2.32. The summed E-state index contributed by atoms with van der Waals surface area (Å²) in [5, 5.41) is 2.92. The molecular formula is C23H24N4O2S. The van der Waals surface area contributed by atoms with Crippen LogP contribution in [-0.4, -0.2) is 59.8 Å². The van der Waals surface area contributed by atoms with Gasteiger partial charge in [-0.1, -0.05) is 18.2 Å². The van der Waals surface area contributed by atoms with Gasteiger partial charge in [0.25, 0.3) is 11.8 Å². The van der Waals surface area contributed by atoms with Gasteiger partial charge in [0, 0.05) is 55.6 Å². The lowest BCUT2D eigenvalue weighted by Crippen LogP contribution is -2.47. The summed E-state index contributed by atoms with van der Waals surface area (Å²) in [5.74, 6) is -0.0201. The van der Waals surface area contributed by atoms with Crippen molar-refractivity contribution in [1.82, 2.24) is 20.1 Å². The molecule has 1 fully saturated rings. The van der Waals surface area contributed by atoms with E-state index < -0.39 is 0 Å². The van der Waals surface area contributed by atoms with Gasteiger partial charge in [-0.2, -0.15) is 0 Å². The minimum absolute atomic E-state index is 0.0799. The molecule has 154 valence electrons. The largest absolute Gasteiger partial charge is 0.347 e. The molecule has 2 amide bonds. The first-order valence-corrected chi connectivity index (χ1v) is 10.8. The number of benzene rings is 1. The third-order valence-electron chi connectivity index (χ3n) is 5.21. The van der Waals surface area contributed by atoms with Gasteiger partial charge in [0.2, 0.25) is 0 Å². The third kappa shape index (κ3) is 4.75. The van der Waals surface area contributed by atoms with Crippen LogP contribution >= 0.6 is 11.3 Å². The van der Waals surface area contributed by atoms with Crippen LogP contribution in [0, 0.1) is 0 Å². The normalized spacial score (nSPS) is 14.5. The minimum Gasteiger partial charge on any atom is -0.347 e. The molecule has 7 heteroatoms. The SMILES string of the molecule is CN1CCN(C(=O)c2ccc(-c3ccc(C(=O)NCc4cccnc4)s3)cc2)CC1. The van der Waals surface area contributed by atoms with Crippen molar-refractivity contribution in [3.05, 3.63) is 76.9 Å². The van der Waals surface area contributed by atoms with Gasteiger partial charge in [-0.3, -0.25) is 14.6 Å². The molecule has 0 unspecified atom stereocenters. The summed E-state index contributed by atoms with van der Waals surface area (Å²) in [6.07, 6.45) is 3.45. The Morgan fingerprint density at radius 2 is 1.80 bits per heavy atom. The minimum atomic E-state index is -0.100. The fourth-order valence-electron chi connectivity index (χ4n) is 3.36. The van der Waals surface area contributed by atoms with Gasteiger partial charge in [0.1, 0.15) is 0 Å².